The second kappa shape index (κ2) is 31.8. The van der Waals surface area contributed by atoms with Gasteiger partial charge in [0.1, 0.15) is 6.61 Å². The zero-order valence-corrected chi connectivity index (χ0v) is 29.2. The Hall–Kier alpha value is -1.21. The standard InChI is InChI=1S/C35H67O8P/c1-3-5-7-9-11-13-15-16-17-18-20-22-24-26-28-30-35(37)43-33(32-42-44(38,39)40)31-41-34(36)29-27-25-23-21-19-14-12-10-8-6-4-2/h18,20,33H,3-17,19,21-32H2,1-2H3,(H2,38,39,40)/b20-18+/t33-/m1/s1. The predicted molar refractivity (Wildman–Crippen MR) is 179 cm³/mol. The number of phosphoric ester groups is 1. The minimum absolute atomic E-state index is 0.196. The van der Waals surface area contributed by atoms with Crippen LogP contribution in [-0.2, 0) is 28.2 Å². The summed E-state index contributed by atoms with van der Waals surface area (Å²) in [5.41, 5.74) is 0. The molecule has 8 nitrogen and oxygen atoms in total. The molecule has 0 unspecified atom stereocenters. The molecule has 9 heteroatoms. The Balaban J connectivity index is 3.99. The van der Waals surface area contributed by atoms with Crippen LogP contribution in [0.1, 0.15) is 181 Å². The smallest absolute Gasteiger partial charge is 0.462 e. The maximum absolute atomic E-state index is 12.3. The van der Waals surface area contributed by atoms with Crippen molar-refractivity contribution in [3.63, 3.8) is 0 Å². The lowest BCUT2D eigenvalue weighted by molar-refractivity contribution is -0.161. The number of carbonyl (C=O) groups excluding carboxylic acids is 2. The van der Waals surface area contributed by atoms with Gasteiger partial charge in [-0.3, -0.25) is 14.1 Å². The summed E-state index contributed by atoms with van der Waals surface area (Å²) in [7, 11) is -4.74. The van der Waals surface area contributed by atoms with Crippen molar-refractivity contribution in [1.29, 1.82) is 0 Å². The molecule has 0 saturated heterocycles. The lowest BCUT2D eigenvalue weighted by atomic mass is 10.1. The zero-order chi connectivity index (χ0) is 32.6. The third kappa shape index (κ3) is 33.7. The Morgan fingerprint density at radius 1 is 0.568 bits per heavy atom. The lowest BCUT2D eigenvalue weighted by Gasteiger charge is -2.18. The lowest BCUT2D eigenvalue weighted by Crippen LogP contribution is -2.29. The third-order valence-electron chi connectivity index (χ3n) is 7.78. The van der Waals surface area contributed by atoms with Gasteiger partial charge < -0.3 is 19.3 Å². The van der Waals surface area contributed by atoms with E-state index in [-0.39, 0.29) is 19.4 Å². The topological polar surface area (TPSA) is 119 Å². The van der Waals surface area contributed by atoms with E-state index in [0.717, 1.165) is 44.9 Å². The number of hydrogen-bond donors (Lipinski definition) is 2. The van der Waals surface area contributed by atoms with Crippen LogP contribution in [0, 0.1) is 0 Å². The Labute approximate surface area is 269 Å². The van der Waals surface area contributed by atoms with Crippen molar-refractivity contribution in [3.05, 3.63) is 12.2 Å². The van der Waals surface area contributed by atoms with Gasteiger partial charge in [0, 0.05) is 12.8 Å². The minimum Gasteiger partial charge on any atom is -0.462 e. The molecule has 0 aliphatic rings. The number of carbonyl (C=O) groups is 2. The number of esters is 2. The molecule has 0 aromatic rings. The highest BCUT2D eigenvalue weighted by atomic mass is 31.2. The zero-order valence-electron chi connectivity index (χ0n) is 28.3. The van der Waals surface area contributed by atoms with Crippen molar-refractivity contribution >= 4 is 19.8 Å². The van der Waals surface area contributed by atoms with Gasteiger partial charge in [-0.2, -0.15) is 0 Å². The van der Waals surface area contributed by atoms with E-state index in [2.05, 4.69) is 30.5 Å². The van der Waals surface area contributed by atoms with Crippen LogP contribution in [0.5, 0.6) is 0 Å². The monoisotopic (exact) mass is 646 g/mol. The van der Waals surface area contributed by atoms with E-state index >= 15 is 0 Å². The van der Waals surface area contributed by atoms with Gasteiger partial charge >= 0.3 is 19.8 Å². The van der Waals surface area contributed by atoms with Crippen LogP contribution in [0.3, 0.4) is 0 Å². The maximum Gasteiger partial charge on any atom is 0.469 e. The van der Waals surface area contributed by atoms with Gasteiger partial charge in [-0.15, -0.1) is 0 Å². The van der Waals surface area contributed by atoms with Crippen molar-refractivity contribution in [2.75, 3.05) is 13.2 Å². The minimum atomic E-state index is -4.74. The first-order valence-corrected chi connectivity index (χ1v) is 19.5. The van der Waals surface area contributed by atoms with Crippen molar-refractivity contribution in [2.45, 2.75) is 187 Å². The molecule has 0 bridgehead atoms. The number of phosphoric acid groups is 1. The van der Waals surface area contributed by atoms with E-state index in [1.807, 2.05) is 0 Å². The van der Waals surface area contributed by atoms with Crippen molar-refractivity contribution in [3.8, 4) is 0 Å². The average Bonchev–Trinajstić information content (AvgIpc) is 2.98. The summed E-state index contributed by atoms with van der Waals surface area (Å²) in [4.78, 5) is 42.5. The molecule has 0 rings (SSSR count). The fourth-order valence-electron chi connectivity index (χ4n) is 5.07. The Kier molecular flexibility index (Phi) is 30.9. The normalized spacial score (nSPS) is 12.5. The average molecular weight is 647 g/mol. The molecule has 2 N–H and O–H groups in total. The first-order chi connectivity index (χ1) is 21.3. The summed E-state index contributed by atoms with van der Waals surface area (Å²) in [6.07, 6.45) is 32.2. The van der Waals surface area contributed by atoms with Gasteiger partial charge in [-0.1, -0.05) is 142 Å². The molecule has 0 saturated carbocycles. The van der Waals surface area contributed by atoms with Gasteiger partial charge in [-0.25, -0.2) is 4.57 Å². The Bertz CT molecular complexity index is 736. The number of hydrogen-bond acceptors (Lipinski definition) is 6. The summed E-state index contributed by atoms with van der Waals surface area (Å²) >= 11 is 0. The molecule has 0 aromatic heterocycles. The van der Waals surface area contributed by atoms with Crippen LogP contribution >= 0.6 is 7.82 Å². The van der Waals surface area contributed by atoms with E-state index in [1.54, 1.807) is 0 Å². The molecular weight excluding hydrogens is 579 g/mol. The molecule has 0 radical (unpaired) electrons. The van der Waals surface area contributed by atoms with Gasteiger partial charge in [0.15, 0.2) is 6.10 Å². The molecular formula is C35H67O8P. The van der Waals surface area contributed by atoms with Gasteiger partial charge in [0.05, 0.1) is 6.61 Å². The van der Waals surface area contributed by atoms with Crippen molar-refractivity contribution in [2.24, 2.45) is 0 Å². The van der Waals surface area contributed by atoms with E-state index in [9.17, 15) is 14.2 Å². The molecule has 260 valence electrons. The highest BCUT2D eigenvalue weighted by Crippen LogP contribution is 2.36. The summed E-state index contributed by atoms with van der Waals surface area (Å²) in [6, 6.07) is 0. The van der Waals surface area contributed by atoms with Crippen LogP contribution in [0.25, 0.3) is 0 Å². The first kappa shape index (κ1) is 42.8. The molecule has 0 fully saturated rings. The summed E-state index contributed by atoms with van der Waals surface area (Å²) < 4.78 is 26.2. The summed E-state index contributed by atoms with van der Waals surface area (Å²) in [5.74, 6) is -0.899. The summed E-state index contributed by atoms with van der Waals surface area (Å²) in [5, 5.41) is 0. The number of unbranched alkanes of at least 4 members (excludes halogenated alkanes) is 21. The van der Waals surface area contributed by atoms with Crippen molar-refractivity contribution in [1.82, 2.24) is 0 Å². The number of allylic oxidation sites excluding steroid dienone is 2. The maximum atomic E-state index is 12.3. The van der Waals surface area contributed by atoms with Gasteiger partial charge in [0.2, 0.25) is 0 Å². The molecule has 0 heterocycles. The van der Waals surface area contributed by atoms with Crippen LogP contribution in [-0.4, -0.2) is 41.0 Å². The van der Waals surface area contributed by atoms with Crippen molar-refractivity contribution < 1.29 is 37.9 Å². The highest BCUT2D eigenvalue weighted by Gasteiger charge is 2.22. The molecule has 0 spiro atoms. The molecule has 0 aliphatic carbocycles. The van der Waals surface area contributed by atoms with Crippen LogP contribution in [0.15, 0.2) is 12.2 Å². The molecule has 0 amide bonds. The van der Waals surface area contributed by atoms with Crippen LogP contribution in [0.2, 0.25) is 0 Å². The first-order valence-electron chi connectivity index (χ1n) is 18.0. The largest absolute Gasteiger partial charge is 0.469 e. The van der Waals surface area contributed by atoms with Crippen LogP contribution < -0.4 is 0 Å². The second-order valence-corrected chi connectivity index (χ2v) is 13.4. The second-order valence-electron chi connectivity index (χ2n) is 12.2. The highest BCUT2D eigenvalue weighted by molar-refractivity contribution is 7.46. The SMILES string of the molecule is CCCCCCCCCC/C=C/CCCCCC(=O)O[C@H](COC(=O)CCCCCCCCCCCCC)COP(=O)(O)O. The van der Waals surface area contributed by atoms with Gasteiger partial charge in [0.25, 0.3) is 0 Å². The number of rotatable bonds is 33. The molecule has 0 aromatic carbocycles. The molecule has 1 atom stereocenters. The summed E-state index contributed by atoms with van der Waals surface area (Å²) in [6.45, 7) is 3.65. The predicted octanol–water partition coefficient (Wildman–Crippen LogP) is 10.3. The molecule has 0 aliphatic heterocycles. The van der Waals surface area contributed by atoms with E-state index in [0.29, 0.717) is 6.42 Å². The third-order valence-corrected chi connectivity index (χ3v) is 8.27. The van der Waals surface area contributed by atoms with E-state index in [1.165, 1.54) is 103 Å². The van der Waals surface area contributed by atoms with E-state index < -0.39 is 32.5 Å². The fourth-order valence-corrected chi connectivity index (χ4v) is 5.43. The quantitative estimate of drug-likeness (QED) is 0.0313. The van der Waals surface area contributed by atoms with E-state index in [4.69, 9.17) is 19.3 Å². The Morgan fingerprint density at radius 3 is 1.41 bits per heavy atom. The molecule has 44 heavy (non-hydrogen) atoms. The fraction of sp³-hybridized carbons (Fsp3) is 0.886. The van der Waals surface area contributed by atoms with Gasteiger partial charge in [-0.05, 0) is 38.5 Å². The van der Waals surface area contributed by atoms with Crippen LogP contribution in [0.4, 0.5) is 0 Å². The number of ether oxygens (including phenoxy) is 2. The Morgan fingerprint density at radius 2 is 0.955 bits per heavy atom.